The molecular formula is C17H19Cl2N3. The molecule has 3 nitrogen and oxygen atoms in total. The fraction of sp³-hybridized carbons (Fsp3) is 0.176. The molecule has 5 heteroatoms. The van der Waals surface area contributed by atoms with E-state index in [1.54, 1.807) is 0 Å². The first-order valence-corrected chi connectivity index (χ1v) is 7.76. The summed E-state index contributed by atoms with van der Waals surface area (Å²) in [5, 5.41) is 4.77. The summed E-state index contributed by atoms with van der Waals surface area (Å²) in [7, 11) is 0. The van der Waals surface area contributed by atoms with E-state index in [1.165, 1.54) is 0 Å². The van der Waals surface area contributed by atoms with Gasteiger partial charge in [0.25, 0.3) is 0 Å². The van der Waals surface area contributed by atoms with Crippen molar-refractivity contribution in [1.82, 2.24) is 5.32 Å². The van der Waals surface area contributed by atoms with Gasteiger partial charge in [0.2, 0.25) is 0 Å². The molecule has 0 bridgehead atoms. The molecule has 0 radical (unpaired) electrons. The SMILES string of the molecule is NCC(N)/C=C(\NCc1cccc(Cl)c1)c1cccc(Cl)c1. The van der Waals surface area contributed by atoms with Crippen molar-refractivity contribution < 1.29 is 0 Å². The van der Waals surface area contributed by atoms with Gasteiger partial charge in [-0.3, -0.25) is 0 Å². The third-order valence-electron chi connectivity index (χ3n) is 3.16. The molecule has 0 spiro atoms. The maximum Gasteiger partial charge on any atom is 0.0412 e. The zero-order valence-electron chi connectivity index (χ0n) is 12.1. The van der Waals surface area contributed by atoms with Crippen LogP contribution in [0.4, 0.5) is 0 Å². The lowest BCUT2D eigenvalue weighted by Crippen LogP contribution is -2.29. The summed E-state index contributed by atoms with van der Waals surface area (Å²) in [5.41, 5.74) is 14.5. The minimum atomic E-state index is -0.221. The number of rotatable bonds is 6. The fourth-order valence-electron chi connectivity index (χ4n) is 2.04. The average Bonchev–Trinajstić information content (AvgIpc) is 2.51. The topological polar surface area (TPSA) is 64.1 Å². The van der Waals surface area contributed by atoms with Gasteiger partial charge in [-0.05, 0) is 41.5 Å². The van der Waals surface area contributed by atoms with Crippen LogP contribution >= 0.6 is 23.2 Å². The van der Waals surface area contributed by atoms with Crippen LogP contribution in [-0.4, -0.2) is 12.6 Å². The lowest BCUT2D eigenvalue weighted by molar-refractivity contribution is 0.809. The average molecular weight is 336 g/mol. The molecule has 0 aliphatic rings. The van der Waals surface area contributed by atoms with Gasteiger partial charge in [-0.1, -0.05) is 47.5 Å². The van der Waals surface area contributed by atoms with E-state index in [2.05, 4.69) is 5.32 Å². The van der Waals surface area contributed by atoms with Gasteiger partial charge >= 0.3 is 0 Å². The quantitative estimate of drug-likeness (QED) is 0.757. The number of halogens is 2. The third kappa shape index (κ3) is 5.04. The minimum Gasteiger partial charge on any atom is -0.381 e. The van der Waals surface area contributed by atoms with Gasteiger partial charge < -0.3 is 16.8 Å². The van der Waals surface area contributed by atoms with Crippen molar-refractivity contribution in [2.75, 3.05) is 6.54 Å². The normalized spacial score (nSPS) is 13.0. The molecule has 0 aliphatic carbocycles. The van der Waals surface area contributed by atoms with E-state index in [1.807, 2.05) is 54.6 Å². The van der Waals surface area contributed by atoms with Crippen LogP contribution in [0.5, 0.6) is 0 Å². The number of nitrogens with one attached hydrogen (secondary N) is 1. The second kappa shape index (κ2) is 8.20. The van der Waals surface area contributed by atoms with Crippen molar-refractivity contribution in [3.05, 3.63) is 75.8 Å². The van der Waals surface area contributed by atoms with Crippen molar-refractivity contribution in [1.29, 1.82) is 0 Å². The van der Waals surface area contributed by atoms with Crippen LogP contribution in [-0.2, 0) is 6.54 Å². The van der Waals surface area contributed by atoms with Gasteiger partial charge in [-0.25, -0.2) is 0 Å². The van der Waals surface area contributed by atoms with Gasteiger partial charge in [0.1, 0.15) is 0 Å². The lowest BCUT2D eigenvalue weighted by atomic mass is 10.1. The fourth-order valence-corrected chi connectivity index (χ4v) is 2.44. The zero-order valence-corrected chi connectivity index (χ0v) is 13.6. The first-order chi connectivity index (χ1) is 10.6. The Balaban J connectivity index is 2.20. The molecule has 1 unspecified atom stereocenters. The van der Waals surface area contributed by atoms with Gasteiger partial charge in [0.05, 0.1) is 0 Å². The van der Waals surface area contributed by atoms with E-state index < -0.39 is 0 Å². The molecule has 2 aromatic carbocycles. The Morgan fingerprint density at radius 1 is 1.09 bits per heavy atom. The highest BCUT2D eigenvalue weighted by Crippen LogP contribution is 2.18. The first kappa shape index (κ1) is 16.8. The Bertz CT molecular complexity index is 656. The standard InChI is InChI=1S/C17H19Cl2N3/c18-14-5-1-3-12(7-14)11-22-17(9-16(21)10-20)13-4-2-6-15(19)8-13/h1-9,16,22H,10-11,20-21H2/b17-9-. The lowest BCUT2D eigenvalue weighted by Gasteiger charge is -2.14. The molecule has 22 heavy (non-hydrogen) atoms. The molecule has 0 fully saturated rings. The van der Waals surface area contributed by atoms with Crippen molar-refractivity contribution in [2.24, 2.45) is 11.5 Å². The largest absolute Gasteiger partial charge is 0.381 e. The molecular weight excluding hydrogens is 317 g/mol. The van der Waals surface area contributed by atoms with E-state index in [-0.39, 0.29) is 6.04 Å². The van der Waals surface area contributed by atoms with E-state index in [0.717, 1.165) is 16.8 Å². The molecule has 2 aromatic rings. The number of benzene rings is 2. The second-order valence-electron chi connectivity index (χ2n) is 4.97. The van der Waals surface area contributed by atoms with Crippen LogP contribution in [0.25, 0.3) is 5.70 Å². The van der Waals surface area contributed by atoms with Gasteiger partial charge in [-0.15, -0.1) is 0 Å². The van der Waals surface area contributed by atoms with E-state index in [9.17, 15) is 0 Å². The van der Waals surface area contributed by atoms with Gasteiger partial charge in [0, 0.05) is 34.9 Å². The Hall–Kier alpha value is -1.52. The predicted octanol–water partition coefficient (Wildman–Crippen LogP) is 3.41. The van der Waals surface area contributed by atoms with E-state index in [0.29, 0.717) is 23.1 Å². The monoisotopic (exact) mass is 335 g/mol. The predicted molar refractivity (Wildman–Crippen MR) is 94.8 cm³/mol. The van der Waals surface area contributed by atoms with Gasteiger partial charge in [0.15, 0.2) is 0 Å². The molecule has 0 aromatic heterocycles. The molecule has 0 saturated carbocycles. The van der Waals surface area contributed by atoms with Crippen molar-refractivity contribution in [3.63, 3.8) is 0 Å². The maximum atomic E-state index is 6.07. The summed E-state index contributed by atoms with van der Waals surface area (Å²) in [6.45, 7) is 1.01. The summed E-state index contributed by atoms with van der Waals surface area (Å²) >= 11 is 12.1. The summed E-state index contributed by atoms with van der Waals surface area (Å²) in [4.78, 5) is 0. The summed E-state index contributed by atoms with van der Waals surface area (Å²) in [6.07, 6.45) is 1.91. The number of nitrogens with two attached hydrogens (primary N) is 2. The summed E-state index contributed by atoms with van der Waals surface area (Å²) in [5.74, 6) is 0. The summed E-state index contributed by atoms with van der Waals surface area (Å²) < 4.78 is 0. The second-order valence-corrected chi connectivity index (χ2v) is 5.85. The number of hydrogen-bond donors (Lipinski definition) is 3. The Morgan fingerprint density at radius 3 is 2.41 bits per heavy atom. The van der Waals surface area contributed by atoms with Crippen LogP contribution < -0.4 is 16.8 Å². The molecule has 0 aliphatic heterocycles. The third-order valence-corrected chi connectivity index (χ3v) is 3.63. The zero-order chi connectivity index (χ0) is 15.9. The van der Waals surface area contributed by atoms with Crippen molar-refractivity contribution >= 4 is 28.9 Å². The van der Waals surface area contributed by atoms with Crippen LogP contribution in [0.3, 0.4) is 0 Å². The highest BCUT2D eigenvalue weighted by Gasteiger charge is 2.05. The van der Waals surface area contributed by atoms with Crippen LogP contribution in [0.2, 0.25) is 10.0 Å². The molecule has 116 valence electrons. The molecule has 0 heterocycles. The molecule has 2 rings (SSSR count). The van der Waals surface area contributed by atoms with E-state index in [4.69, 9.17) is 34.7 Å². The van der Waals surface area contributed by atoms with Crippen LogP contribution in [0.1, 0.15) is 11.1 Å². The molecule has 0 saturated heterocycles. The highest BCUT2D eigenvalue weighted by molar-refractivity contribution is 6.31. The molecule has 0 amide bonds. The maximum absolute atomic E-state index is 6.07. The minimum absolute atomic E-state index is 0.221. The number of hydrogen-bond acceptors (Lipinski definition) is 3. The smallest absolute Gasteiger partial charge is 0.0412 e. The molecule has 5 N–H and O–H groups in total. The van der Waals surface area contributed by atoms with Crippen molar-refractivity contribution in [2.45, 2.75) is 12.6 Å². The van der Waals surface area contributed by atoms with Crippen LogP contribution in [0.15, 0.2) is 54.6 Å². The Morgan fingerprint density at radius 2 is 1.77 bits per heavy atom. The van der Waals surface area contributed by atoms with E-state index >= 15 is 0 Å². The summed E-state index contributed by atoms with van der Waals surface area (Å²) in [6, 6.07) is 15.1. The Kier molecular flexibility index (Phi) is 6.28. The van der Waals surface area contributed by atoms with Crippen LogP contribution in [0, 0.1) is 0 Å². The molecule has 1 atom stereocenters. The first-order valence-electron chi connectivity index (χ1n) is 7.00. The highest BCUT2D eigenvalue weighted by atomic mass is 35.5. The van der Waals surface area contributed by atoms with Gasteiger partial charge in [-0.2, -0.15) is 0 Å². The van der Waals surface area contributed by atoms with Crippen molar-refractivity contribution in [3.8, 4) is 0 Å². The Labute approximate surface area is 140 Å².